The summed E-state index contributed by atoms with van der Waals surface area (Å²) >= 11 is 1.52. The van der Waals surface area contributed by atoms with Gasteiger partial charge in [0.2, 0.25) is 17.6 Å². The molecule has 4 fully saturated rings. The number of nitrogens with zero attached hydrogens (tertiary/aromatic N) is 2. The minimum absolute atomic E-state index is 0.0213. The maximum Gasteiger partial charge on any atom is 0.287 e. The molecule has 1 aliphatic heterocycles. The quantitative estimate of drug-likeness (QED) is 0.358. The number of hydrogen-bond acceptors (Lipinski definition) is 7. The third-order valence-electron chi connectivity index (χ3n) is 10.0. The summed E-state index contributed by atoms with van der Waals surface area (Å²) in [5, 5.41) is 9.12. The number of hydrogen-bond donors (Lipinski definition) is 3. The second-order valence-electron chi connectivity index (χ2n) is 12.7. The van der Waals surface area contributed by atoms with Crippen molar-refractivity contribution in [2.24, 2.45) is 34.8 Å². The Balaban J connectivity index is 1.38. The first kappa shape index (κ1) is 28.1. The molecule has 4 aliphatic rings. The van der Waals surface area contributed by atoms with Crippen molar-refractivity contribution in [2.75, 3.05) is 11.9 Å². The number of carbonyl (C=O) groups excluding carboxylic acids is 4. The Morgan fingerprint density at radius 3 is 2.44 bits per heavy atom. The maximum absolute atomic E-state index is 14.3. The van der Waals surface area contributed by atoms with Gasteiger partial charge in [-0.3, -0.25) is 19.2 Å². The summed E-state index contributed by atoms with van der Waals surface area (Å²) < 4.78 is 0. The van der Waals surface area contributed by atoms with Crippen LogP contribution in [0.25, 0.3) is 0 Å². The molecule has 2 unspecified atom stereocenters. The van der Waals surface area contributed by atoms with Crippen LogP contribution in [0.4, 0.5) is 5.13 Å². The zero-order valence-corrected chi connectivity index (χ0v) is 24.2. The fourth-order valence-electron chi connectivity index (χ4n) is 7.23. The number of anilines is 1. The van der Waals surface area contributed by atoms with Gasteiger partial charge in [-0.2, -0.15) is 0 Å². The molecule has 9 nitrogen and oxygen atoms in total. The number of ketones is 1. The van der Waals surface area contributed by atoms with E-state index in [9.17, 15) is 19.2 Å². The van der Waals surface area contributed by atoms with Crippen molar-refractivity contribution in [3.8, 4) is 0 Å². The summed E-state index contributed by atoms with van der Waals surface area (Å²) in [6.07, 6.45) is 9.60. The fourth-order valence-corrected chi connectivity index (χ4v) is 8.06. The van der Waals surface area contributed by atoms with Gasteiger partial charge in [-0.25, -0.2) is 4.98 Å². The van der Waals surface area contributed by atoms with E-state index in [4.69, 9.17) is 5.73 Å². The summed E-state index contributed by atoms with van der Waals surface area (Å²) in [7, 11) is 0. The first-order valence-electron chi connectivity index (χ1n) is 14.8. The lowest BCUT2D eigenvalue weighted by molar-refractivity contribution is -0.144. The number of rotatable bonds is 11. The van der Waals surface area contributed by atoms with E-state index in [1.165, 1.54) is 17.8 Å². The molecule has 2 heterocycles. The highest BCUT2D eigenvalue weighted by Crippen LogP contribution is 2.65. The lowest BCUT2D eigenvalue weighted by atomic mass is 9.80. The lowest BCUT2D eigenvalue weighted by Crippen LogP contribution is -2.58. The number of nitrogens with one attached hydrogen (secondary N) is 2. The van der Waals surface area contributed by atoms with Gasteiger partial charge in [0.1, 0.15) is 12.1 Å². The molecule has 10 heteroatoms. The molecule has 1 aromatic heterocycles. The lowest BCUT2D eigenvalue weighted by Gasteiger charge is -2.37. The number of carbonyl (C=O) groups is 4. The minimum atomic E-state index is -1.03. The van der Waals surface area contributed by atoms with Gasteiger partial charge in [0.25, 0.3) is 5.91 Å². The largest absolute Gasteiger partial charge is 0.363 e. The van der Waals surface area contributed by atoms with Crippen LogP contribution in [0.5, 0.6) is 0 Å². The molecule has 5 atom stereocenters. The minimum Gasteiger partial charge on any atom is -0.363 e. The second-order valence-corrected chi connectivity index (χ2v) is 13.6. The van der Waals surface area contributed by atoms with Crippen LogP contribution in [0.3, 0.4) is 0 Å². The molecule has 3 aliphatic carbocycles. The summed E-state index contributed by atoms with van der Waals surface area (Å²) in [5.41, 5.74) is 6.28. The SMILES string of the molecule is CCc1csc(N[C@H](C(=O)N2C[C@H]3C([C@H]2C(=O)NC(CC2CCC2)C(=O)C(N)=O)C3(C)C)C2CCCCC2)n1. The molecule has 1 aromatic rings. The Bertz CT molecular complexity index is 1110. The number of likely N-dealkylation sites (tertiary alicyclic amines) is 1. The van der Waals surface area contributed by atoms with E-state index in [0.29, 0.717) is 18.9 Å². The third-order valence-corrected chi connectivity index (χ3v) is 10.8. The zero-order valence-electron chi connectivity index (χ0n) is 23.4. The molecule has 4 N–H and O–H groups in total. The zero-order chi connectivity index (χ0) is 27.9. The van der Waals surface area contributed by atoms with Gasteiger partial charge in [-0.1, -0.05) is 59.3 Å². The molecule has 3 saturated carbocycles. The summed E-state index contributed by atoms with van der Waals surface area (Å²) in [4.78, 5) is 59.0. The molecule has 214 valence electrons. The van der Waals surface area contributed by atoms with Crippen LogP contribution >= 0.6 is 11.3 Å². The van der Waals surface area contributed by atoms with Gasteiger partial charge in [0.15, 0.2) is 5.13 Å². The summed E-state index contributed by atoms with van der Waals surface area (Å²) in [6.45, 7) is 6.87. The number of Topliss-reactive ketones (excluding diaryl/α,β-unsaturated/α-hetero) is 1. The van der Waals surface area contributed by atoms with Crippen molar-refractivity contribution in [1.82, 2.24) is 15.2 Å². The number of piperidine rings is 1. The molecule has 39 heavy (non-hydrogen) atoms. The second kappa shape index (κ2) is 11.2. The summed E-state index contributed by atoms with van der Waals surface area (Å²) in [6, 6.07) is -2.05. The van der Waals surface area contributed by atoms with Crippen molar-refractivity contribution in [1.29, 1.82) is 0 Å². The van der Waals surface area contributed by atoms with E-state index < -0.39 is 29.8 Å². The average molecular weight is 558 g/mol. The van der Waals surface area contributed by atoms with Crippen LogP contribution in [0.15, 0.2) is 5.38 Å². The Morgan fingerprint density at radius 1 is 1.13 bits per heavy atom. The van der Waals surface area contributed by atoms with E-state index in [2.05, 4.69) is 36.4 Å². The van der Waals surface area contributed by atoms with Crippen molar-refractivity contribution in [2.45, 2.75) is 103 Å². The van der Waals surface area contributed by atoms with Gasteiger partial charge >= 0.3 is 0 Å². The number of primary amides is 1. The third kappa shape index (κ3) is 5.58. The smallest absolute Gasteiger partial charge is 0.287 e. The van der Waals surface area contributed by atoms with E-state index in [1.807, 2.05) is 5.38 Å². The number of fused-ring (bicyclic) bond motifs is 1. The standard InChI is InChI=1S/C29H43N5O4S/c1-4-18-15-39-28(31-18)33-22(17-11-6-5-7-12-17)27(38)34-14-19-21(29(19,2)3)23(34)26(37)32-20(24(35)25(30)36)13-16-9-8-10-16/h15-17,19-23H,4-14H2,1-3H3,(H2,30,36)(H,31,33)(H,32,37)/t19-,20?,21?,22-,23-/m0/s1. The first-order chi connectivity index (χ1) is 18.6. The van der Waals surface area contributed by atoms with Crippen molar-refractivity contribution in [3.63, 3.8) is 0 Å². The molecule has 0 radical (unpaired) electrons. The number of amides is 3. The van der Waals surface area contributed by atoms with E-state index in [1.54, 1.807) is 4.90 Å². The van der Waals surface area contributed by atoms with Gasteiger partial charge < -0.3 is 21.3 Å². The average Bonchev–Trinajstić information content (AvgIpc) is 3.28. The Morgan fingerprint density at radius 2 is 1.85 bits per heavy atom. The topological polar surface area (TPSA) is 134 Å². The Labute approximate surface area is 235 Å². The van der Waals surface area contributed by atoms with Crippen LogP contribution in [0.2, 0.25) is 0 Å². The highest BCUT2D eigenvalue weighted by molar-refractivity contribution is 7.13. The predicted molar refractivity (Wildman–Crippen MR) is 150 cm³/mol. The monoisotopic (exact) mass is 557 g/mol. The van der Waals surface area contributed by atoms with Crippen LogP contribution in [-0.4, -0.2) is 58.1 Å². The number of aryl methyl sites for hydroxylation is 1. The Kier molecular flexibility index (Phi) is 8.04. The molecule has 0 bridgehead atoms. The van der Waals surface area contributed by atoms with E-state index in [-0.39, 0.29) is 35.0 Å². The molecule has 0 spiro atoms. The molecule has 3 amide bonds. The molecule has 5 rings (SSSR count). The van der Waals surface area contributed by atoms with Crippen molar-refractivity contribution in [3.05, 3.63) is 11.1 Å². The van der Waals surface area contributed by atoms with Gasteiger partial charge in [-0.15, -0.1) is 11.3 Å². The van der Waals surface area contributed by atoms with Crippen LogP contribution < -0.4 is 16.4 Å². The van der Waals surface area contributed by atoms with Gasteiger partial charge in [0.05, 0.1) is 11.7 Å². The number of aromatic nitrogens is 1. The molecular weight excluding hydrogens is 514 g/mol. The number of thiazole rings is 1. The molecule has 0 aromatic carbocycles. The van der Waals surface area contributed by atoms with Gasteiger partial charge in [-0.05, 0) is 54.8 Å². The van der Waals surface area contributed by atoms with Crippen molar-refractivity contribution < 1.29 is 19.2 Å². The van der Waals surface area contributed by atoms with Crippen LogP contribution in [0.1, 0.15) is 84.3 Å². The predicted octanol–water partition coefficient (Wildman–Crippen LogP) is 3.28. The molecular formula is C29H43N5O4S. The highest BCUT2D eigenvalue weighted by atomic mass is 32.1. The maximum atomic E-state index is 14.3. The van der Waals surface area contributed by atoms with Gasteiger partial charge in [0, 0.05) is 11.9 Å². The first-order valence-corrected chi connectivity index (χ1v) is 15.6. The fraction of sp³-hybridized carbons (Fsp3) is 0.759. The van der Waals surface area contributed by atoms with Crippen molar-refractivity contribution >= 4 is 40.0 Å². The normalized spacial score (nSPS) is 27.7. The van der Waals surface area contributed by atoms with Crippen LogP contribution in [0, 0.1) is 29.1 Å². The van der Waals surface area contributed by atoms with E-state index >= 15 is 0 Å². The van der Waals surface area contributed by atoms with Crippen LogP contribution in [-0.2, 0) is 25.6 Å². The van der Waals surface area contributed by atoms with E-state index in [0.717, 1.165) is 62.2 Å². The highest BCUT2D eigenvalue weighted by Gasteiger charge is 2.69. The Hall–Kier alpha value is -2.49. The number of nitrogens with two attached hydrogens (primary N) is 1. The summed E-state index contributed by atoms with van der Waals surface area (Å²) in [5.74, 6) is -1.45. The molecule has 1 saturated heterocycles.